The van der Waals surface area contributed by atoms with Crippen LogP contribution < -0.4 is 4.74 Å². The highest BCUT2D eigenvalue weighted by atomic mass is 19.4. The zero-order valence-electron chi connectivity index (χ0n) is 16.5. The SMILES string of the molecule is CC1CCC(C2CCC(C(=O)Oc3cc(F)c(CC(F)(F)F)c(F)c3)CC2)CC1. The van der Waals surface area contributed by atoms with Gasteiger partial charge in [-0.05, 0) is 56.3 Å². The molecular formula is C22H27F5O2. The molecule has 0 radical (unpaired) electrons. The minimum absolute atomic E-state index is 0.338. The van der Waals surface area contributed by atoms with Crippen molar-refractivity contribution in [3.8, 4) is 5.75 Å². The molecule has 0 aromatic heterocycles. The molecule has 2 nitrogen and oxygen atoms in total. The first-order chi connectivity index (χ1) is 13.6. The van der Waals surface area contributed by atoms with E-state index < -0.39 is 35.8 Å². The number of ether oxygens (including phenoxy) is 1. The summed E-state index contributed by atoms with van der Waals surface area (Å²) in [7, 11) is 0. The number of halogens is 5. The van der Waals surface area contributed by atoms with Crippen LogP contribution in [0.15, 0.2) is 12.1 Å². The summed E-state index contributed by atoms with van der Waals surface area (Å²) in [5, 5.41) is 0. The van der Waals surface area contributed by atoms with E-state index in [1.165, 1.54) is 25.7 Å². The van der Waals surface area contributed by atoms with Crippen molar-refractivity contribution in [3.63, 3.8) is 0 Å². The average Bonchev–Trinajstić information content (AvgIpc) is 2.65. The van der Waals surface area contributed by atoms with Gasteiger partial charge in [-0.2, -0.15) is 13.2 Å². The molecule has 162 valence electrons. The number of benzene rings is 1. The molecule has 2 fully saturated rings. The average molecular weight is 418 g/mol. The molecule has 0 saturated heterocycles. The summed E-state index contributed by atoms with van der Waals surface area (Å²) >= 11 is 0. The predicted molar refractivity (Wildman–Crippen MR) is 98.3 cm³/mol. The second-order valence-electron chi connectivity index (χ2n) is 8.71. The van der Waals surface area contributed by atoms with Crippen molar-refractivity contribution in [3.05, 3.63) is 29.3 Å². The standard InChI is InChI=1S/C22H27F5O2/c1-13-2-4-14(5-3-13)15-6-8-16(9-7-15)21(28)29-17-10-19(23)18(20(24)11-17)12-22(25,26)27/h10-11,13-16H,2-9,12H2,1H3. The van der Waals surface area contributed by atoms with Gasteiger partial charge in [-0.1, -0.05) is 19.8 Å². The molecular weight excluding hydrogens is 391 g/mol. The largest absolute Gasteiger partial charge is 0.426 e. The maximum absolute atomic E-state index is 13.9. The molecule has 29 heavy (non-hydrogen) atoms. The Hall–Kier alpha value is -1.66. The van der Waals surface area contributed by atoms with Gasteiger partial charge >= 0.3 is 12.1 Å². The van der Waals surface area contributed by atoms with Crippen LogP contribution >= 0.6 is 0 Å². The third-order valence-electron chi connectivity index (χ3n) is 6.54. The van der Waals surface area contributed by atoms with Crippen LogP contribution in [0.5, 0.6) is 5.75 Å². The van der Waals surface area contributed by atoms with Crippen molar-refractivity contribution in [2.45, 2.75) is 70.9 Å². The Bertz CT molecular complexity index is 691. The van der Waals surface area contributed by atoms with Gasteiger partial charge in [0.05, 0.1) is 12.3 Å². The van der Waals surface area contributed by atoms with Gasteiger partial charge in [0.2, 0.25) is 0 Å². The Morgan fingerprint density at radius 3 is 1.90 bits per heavy atom. The number of rotatable bonds is 4. The third-order valence-corrected chi connectivity index (χ3v) is 6.54. The van der Waals surface area contributed by atoms with Crippen molar-refractivity contribution in [2.75, 3.05) is 0 Å². The van der Waals surface area contributed by atoms with Crippen LogP contribution in [0.1, 0.15) is 63.9 Å². The summed E-state index contributed by atoms with van der Waals surface area (Å²) in [6.07, 6.45) is 1.78. The van der Waals surface area contributed by atoms with Crippen molar-refractivity contribution in [1.82, 2.24) is 0 Å². The van der Waals surface area contributed by atoms with E-state index in [4.69, 9.17) is 4.74 Å². The van der Waals surface area contributed by atoms with Crippen LogP contribution in [0.25, 0.3) is 0 Å². The first-order valence-electron chi connectivity index (χ1n) is 10.4. The zero-order valence-corrected chi connectivity index (χ0v) is 16.5. The smallest absolute Gasteiger partial charge is 0.393 e. The second-order valence-corrected chi connectivity index (χ2v) is 8.71. The van der Waals surface area contributed by atoms with E-state index in [0.29, 0.717) is 36.8 Å². The highest BCUT2D eigenvalue weighted by Crippen LogP contribution is 2.41. The van der Waals surface area contributed by atoms with Crippen LogP contribution in [0.4, 0.5) is 22.0 Å². The molecule has 1 aromatic carbocycles. The number of alkyl halides is 3. The monoisotopic (exact) mass is 418 g/mol. The number of carbonyl (C=O) groups excluding carboxylic acids is 1. The molecule has 0 atom stereocenters. The van der Waals surface area contributed by atoms with Gasteiger partial charge < -0.3 is 4.74 Å². The van der Waals surface area contributed by atoms with Crippen LogP contribution in [0, 0.1) is 35.3 Å². The van der Waals surface area contributed by atoms with Crippen LogP contribution in [-0.2, 0) is 11.2 Å². The van der Waals surface area contributed by atoms with E-state index in [-0.39, 0.29) is 11.7 Å². The van der Waals surface area contributed by atoms with Gasteiger partial charge in [-0.3, -0.25) is 4.79 Å². The lowest BCUT2D eigenvalue weighted by molar-refractivity contribution is -0.140. The third kappa shape index (κ3) is 5.92. The van der Waals surface area contributed by atoms with Crippen molar-refractivity contribution >= 4 is 5.97 Å². The van der Waals surface area contributed by atoms with E-state index in [2.05, 4.69) is 6.92 Å². The summed E-state index contributed by atoms with van der Waals surface area (Å²) in [5.41, 5.74) is -1.07. The molecule has 0 unspecified atom stereocenters. The molecule has 2 saturated carbocycles. The summed E-state index contributed by atoms with van der Waals surface area (Å²) in [6.45, 7) is 2.28. The normalized spacial score (nSPS) is 28.2. The van der Waals surface area contributed by atoms with Crippen molar-refractivity contribution in [1.29, 1.82) is 0 Å². The van der Waals surface area contributed by atoms with E-state index >= 15 is 0 Å². The van der Waals surface area contributed by atoms with Crippen molar-refractivity contribution < 1.29 is 31.5 Å². The Balaban J connectivity index is 1.54. The van der Waals surface area contributed by atoms with Gasteiger partial charge in [-0.15, -0.1) is 0 Å². The summed E-state index contributed by atoms with van der Waals surface area (Å²) in [4.78, 5) is 12.4. The Kier molecular flexibility index (Phi) is 6.84. The van der Waals surface area contributed by atoms with Gasteiger partial charge in [0, 0.05) is 17.7 Å². The van der Waals surface area contributed by atoms with Gasteiger partial charge in [0.1, 0.15) is 17.4 Å². The quantitative estimate of drug-likeness (QED) is 0.313. The molecule has 0 amide bonds. The Morgan fingerprint density at radius 1 is 0.931 bits per heavy atom. The van der Waals surface area contributed by atoms with Gasteiger partial charge in [0.15, 0.2) is 0 Å². The molecule has 0 heterocycles. The molecule has 7 heteroatoms. The number of hydrogen-bond donors (Lipinski definition) is 0. The van der Waals surface area contributed by atoms with E-state index in [9.17, 15) is 26.7 Å². The van der Waals surface area contributed by atoms with Gasteiger partial charge in [0.25, 0.3) is 0 Å². The number of carbonyl (C=O) groups is 1. The minimum atomic E-state index is -4.73. The fraction of sp³-hybridized carbons (Fsp3) is 0.682. The summed E-state index contributed by atoms with van der Waals surface area (Å²) in [6, 6.07) is 1.30. The molecule has 0 aliphatic heterocycles. The fourth-order valence-electron chi connectivity index (χ4n) is 4.79. The lowest BCUT2D eigenvalue weighted by Crippen LogP contribution is -2.30. The Labute approximate surface area is 167 Å². The van der Waals surface area contributed by atoms with Crippen LogP contribution in [0.3, 0.4) is 0 Å². The summed E-state index contributed by atoms with van der Waals surface area (Å²) < 4.78 is 70.1. The molecule has 3 rings (SSSR count). The fourth-order valence-corrected chi connectivity index (χ4v) is 4.79. The lowest BCUT2D eigenvalue weighted by Gasteiger charge is -2.36. The molecule has 0 bridgehead atoms. The molecule has 2 aliphatic rings. The zero-order chi connectivity index (χ0) is 21.2. The first kappa shape index (κ1) is 22.0. The highest BCUT2D eigenvalue weighted by Gasteiger charge is 2.34. The first-order valence-corrected chi connectivity index (χ1v) is 10.4. The topological polar surface area (TPSA) is 26.3 Å². The molecule has 0 spiro atoms. The predicted octanol–water partition coefficient (Wildman–Crippen LogP) is 6.61. The van der Waals surface area contributed by atoms with E-state index in [1.807, 2.05) is 0 Å². The molecule has 0 N–H and O–H groups in total. The summed E-state index contributed by atoms with van der Waals surface area (Å²) in [5.74, 6) is -1.89. The van der Waals surface area contributed by atoms with Crippen LogP contribution in [-0.4, -0.2) is 12.1 Å². The van der Waals surface area contributed by atoms with Crippen LogP contribution in [0.2, 0.25) is 0 Å². The van der Waals surface area contributed by atoms with Gasteiger partial charge in [-0.25, -0.2) is 8.78 Å². The van der Waals surface area contributed by atoms with E-state index in [0.717, 1.165) is 18.8 Å². The Morgan fingerprint density at radius 2 is 1.41 bits per heavy atom. The highest BCUT2D eigenvalue weighted by molar-refractivity contribution is 5.75. The molecule has 2 aliphatic carbocycles. The number of esters is 1. The number of hydrogen-bond acceptors (Lipinski definition) is 2. The van der Waals surface area contributed by atoms with Crippen molar-refractivity contribution in [2.24, 2.45) is 23.7 Å². The van der Waals surface area contributed by atoms with E-state index in [1.54, 1.807) is 0 Å². The maximum atomic E-state index is 13.9. The molecule has 1 aromatic rings. The second kappa shape index (κ2) is 9.00. The lowest BCUT2D eigenvalue weighted by atomic mass is 9.69. The maximum Gasteiger partial charge on any atom is 0.393 e. The minimum Gasteiger partial charge on any atom is -0.426 e.